The number of carbonyl (C=O) groups excluding carboxylic acids is 4. The number of nitrogens with zero attached hydrogens (tertiary/aromatic N) is 5. The van der Waals surface area contributed by atoms with Crippen molar-refractivity contribution in [1.82, 2.24) is 30.3 Å². The summed E-state index contributed by atoms with van der Waals surface area (Å²) in [6, 6.07) is 19.6. The van der Waals surface area contributed by atoms with E-state index in [-0.39, 0.29) is 13.0 Å². The van der Waals surface area contributed by atoms with Gasteiger partial charge >= 0.3 is 24.4 Å². The molecule has 16 nitrogen and oxygen atoms in total. The number of esters is 1. The minimum absolute atomic E-state index is 0.0147. The SMILES string of the molecule is COC(=O)C[C@H](C(N)=O)C(C)(C)C(F)(F)F.COC(=O)N[C@H](C(=O)C[C@@H](Cc1ccc(C#Cc2ccc(N3CC4CCC(C3)N4C3COC3)nc2)cc1)[C@@H](O)CNCc1ccc(-c2ccn(CC(F)F)n2)cc1)C(C)(C)C(F)(F)F. The van der Waals surface area contributed by atoms with Gasteiger partial charge in [-0.05, 0) is 80.5 Å². The van der Waals surface area contributed by atoms with Crippen LogP contribution in [0.2, 0.25) is 0 Å². The highest BCUT2D eigenvalue weighted by atomic mass is 19.4. The number of halogens is 8. The van der Waals surface area contributed by atoms with Crippen molar-refractivity contribution in [2.24, 2.45) is 28.4 Å². The predicted molar refractivity (Wildman–Crippen MR) is 279 cm³/mol. The van der Waals surface area contributed by atoms with Gasteiger partial charge in [-0.3, -0.25) is 24.0 Å². The molecule has 4 aromatic rings. The summed E-state index contributed by atoms with van der Waals surface area (Å²) in [5.74, 6) is 1.77. The molecule has 24 heteroatoms. The monoisotopic (exact) mass is 1130 g/mol. The molecule has 3 aliphatic rings. The average molecular weight is 1130 g/mol. The molecule has 7 rings (SSSR count). The normalized spacial score (nSPS) is 18.4. The number of amides is 2. The van der Waals surface area contributed by atoms with E-state index < -0.39 is 96.7 Å². The Hall–Kier alpha value is -6.68. The van der Waals surface area contributed by atoms with Crippen LogP contribution in [0.4, 0.5) is 45.7 Å². The Bertz CT molecular complexity index is 2760. The molecule has 0 spiro atoms. The molecule has 2 aromatic carbocycles. The zero-order chi connectivity index (χ0) is 58.7. The number of anilines is 1. The molecule has 0 saturated carbocycles. The highest BCUT2D eigenvalue weighted by molar-refractivity contribution is 5.88. The first kappa shape index (κ1) is 62.5. The molecule has 3 fully saturated rings. The molecule has 6 atom stereocenters. The van der Waals surface area contributed by atoms with Crippen LogP contribution in [-0.4, -0.2) is 145 Å². The second-order valence-corrected chi connectivity index (χ2v) is 21.4. The number of rotatable bonds is 21. The summed E-state index contributed by atoms with van der Waals surface area (Å²) in [6.45, 7) is 6.62. The molecule has 80 heavy (non-hydrogen) atoms. The topological polar surface area (TPSA) is 203 Å². The van der Waals surface area contributed by atoms with E-state index in [1.54, 1.807) is 48.7 Å². The number of alkyl halides is 8. The maximum atomic E-state index is 14.3. The Morgan fingerprint density at radius 3 is 1.93 bits per heavy atom. The zero-order valence-electron chi connectivity index (χ0n) is 45.3. The minimum Gasteiger partial charge on any atom is -0.469 e. The number of ketones is 1. The zero-order valence-corrected chi connectivity index (χ0v) is 45.3. The molecule has 0 radical (unpaired) electrons. The molecule has 2 amide bonds. The van der Waals surface area contributed by atoms with E-state index in [1.807, 2.05) is 24.3 Å². The second-order valence-electron chi connectivity index (χ2n) is 21.4. The number of benzene rings is 2. The van der Waals surface area contributed by atoms with Crippen LogP contribution < -0.4 is 21.3 Å². The molecule has 0 aliphatic carbocycles. The number of aliphatic hydroxyl groups is 1. The van der Waals surface area contributed by atoms with E-state index in [0.29, 0.717) is 41.5 Å². The second kappa shape index (κ2) is 26.7. The first-order valence-electron chi connectivity index (χ1n) is 25.9. The minimum atomic E-state index is -4.86. The van der Waals surface area contributed by atoms with Crippen molar-refractivity contribution in [2.45, 2.75) is 122 Å². The van der Waals surface area contributed by atoms with E-state index in [1.165, 1.54) is 23.7 Å². The van der Waals surface area contributed by atoms with Gasteiger partial charge in [0.15, 0.2) is 5.78 Å². The number of pyridine rings is 1. The number of hydrogen-bond acceptors (Lipinski definition) is 13. The van der Waals surface area contributed by atoms with Gasteiger partial charge in [-0.1, -0.05) is 62.1 Å². The largest absolute Gasteiger partial charge is 0.469 e. The molecule has 3 aliphatic heterocycles. The van der Waals surface area contributed by atoms with Gasteiger partial charge in [0.2, 0.25) is 5.91 Å². The van der Waals surface area contributed by atoms with Crippen molar-refractivity contribution in [2.75, 3.05) is 52.0 Å². The van der Waals surface area contributed by atoms with Gasteiger partial charge in [-0.2, -0.15) is 31.4 Å². The summed E-state index contributed by atoms with van der Waals surface area (Å²) in [4.78, 5) is 57.6. The van der Waals surface area contributed by atoms with Crippen molar-refractivity contribution < 1.29 is 73.6 Å². The third-order valence-corrected chi connectivity index (χ3v) is 15.1. The number of Topliss-reactive ketones (excluding diaryl/α,β-unsaturated/α-hetero) is 1. The number of alkyl carbamates (subject to hydrolysis) is 1. The van der Waals surface area contributed by atoms with Gasteiger partial charge in [0.1, 0.15) is 18.4 Å². The smallest absolute Gasteiger partial charge is 0.407 e. The summed E-state index contributed by atoms with van der Waals surface area (Å²) < 4.78 is 122. The highest BCUT2D eigenvalue weighted by Crippen LogP contribution is 2.45. The van der Waals surface area contributed by atoms with Gasteiger partial charge in [0.25, 0.3) is 6.43 Å². The van der Waals surface area contributed by atoms with Gasteiger partial charge in [-0.25, -0.2) is 18.6 Å². The molecule has 5 heterocycles. The van der Waals surface area contributed by atoms with Crippen molar-refractivity contribution in [1.29, 1.82) is 0 Å². The van der Waals surface area contributed by atoms with Crippen LogP contribution in [0.1, 0.15) is 75.6 Å². The van der Waals surface area contributed by atoms with Crippen LogP contribution in [-0.2, 0) is 48.1 Å². The van der Waals surface area contributed by atoms with Crippen LogP contribution in [0.5, 0.6) is 0 Å². The Morgan fingerprint density at radius 1 is 0.800 bits per heavy atom. The fraction of sp³-hybridized carbons (Fsp3) is 0.536. The number of primary amides is 1. The molecule has 2 unspecified atom stereocenters. The molecule has 3 saturated heterocycles. The summed E-state index contributed by atoms with van der Waals surface area (Å²) in [5.41, 5.74) is 4.11. The van der Waals surface area contributed by atoms with Gasteiger partial charge in [0, 0.05) is 73.8 Å². The van der Waals surface area contributed by atoms with Crippen molar-refractivity contribution in [3.05, 3.63) is 101 Å². The molecule has 5 N–H and O–H groups in total. The molecule has 2 aromatic heterocycles. The third-order valence-electron chi connectivity index (χ3n) is 15.1. The highest BCUT2D eigenvalue weighted by Gasteiger charge is 2.56. The number of ether oxygens (including phenoxy) is 3. The van der Waals surface area contributed by atoms with Crippen molar-refractivity contribution in [3.8, 4) is 23.1 Å². The lowest BCUT2D eigenvalue weighted by atomic mass is 9.76. The Kier molecular flexibility index (Phi) is 20.9. The van der Waals surface area contributed by atoms with E-state index in [2.05, 4.69) is 46.8 Å². The van der Waals surface area contributed by atoms with Crippen LogP contribution in [0.15, 0.2) is 79.1 Å². The maximum Gasteiger partial charge on any atom is 0.407 e. The Balaban J connectivity index is 0.000000560. The number of piperazine rings is 1. The number of carbonyl (C=O) groups is 4. The summed E-state index contributed by atoms with van der Waals surface area (Å²) in [5, 5.41) is 21.0. The quantitative estimate of drug-likeness (QED) is 0.0364. The van der Waals surface area contributed by atoms with Crippen LogP contribution in [0.25, 0.3) is 11.3 Å². The number of hydrogen-bond donors (Lipinski definition) is 4. The van der Waals surface area contributed by atoms with Gasteiger partial charge < -0.3 is 40.6 Å². The lowest BCUT2D eigenvalue weighted by Crippen LogP contribution is -2.62. The predicted octanol–water partition coefficient (Wildman–Crippen LogP) is 7.48. The van der Waals surface area contributed by atoms with Crippen molar-refractivity contribution >= 4 is 29.6 Å². The standard InChI is InChI=1S/C47H54F5N7O5.C9H14F3NO3/c1-46(2,47(50,51)52)44(55-45(62)63-3)40(60)21-35(41(61)24-53-22-32-10-13-34(14-11-32)39-18-19-58(56-39)27-42(48)49)20-31-7-4-30(5-8-31)6-9-33-12-17-43(54-23-33)57-25-36-15-16-37(26-57)59(36)38-28-64-29-38;1-8(2,9(10,11)12)5(7(13)15)4-6(14)16-3/h4-5,7-8,10-14,17-19,23,35-38,41-42,44,53,61H,15-16,20-22,24-29H2,1-3H3,(H,55,62);5H,4H2,1-3H3,(H2,13,15)/t35-,36?,37?,41+,44-;5-/m11/s1. The molecular formula is C56H68F8N8O8. The fourth-order valence-corrected chi connectivity index (χ4v) is 9.90. The van der Waals surface area contributed by atoms with Gasteiger partial charge in [-0.15, -0.1) is 0 Å². The number of aliphatic hydroxyl groups excluding tert-OH is 1. The van der Waals surface area contributed by atoms with E-state index >= 15 is 0 Å². The van der Waals surface area contributed by atoms with E-state index in [0.717, 1.165) is 90.7 Å². The maximum absolute atomic E-state index is 14.3. The number of methoxy groups -OCH3 is 2. The van der Waals surface area contributed by atoms with Crippen molar-refractivity contribution in [3.63, 3.8) is 0 Å². The van der Waals surface area contributed by atoms with Crippen LogP contribution in [0.3, 0.4) is 0 Å². The third kappa shape index (κ3) is 16.0. The molecule has 2 bridgehead atoms. The summed E-state index contributed by atoms with van der Waals surface area (Å²) >= 11 is 0. The number of fused-ring (bicyclic) bond motifs is 2. The first-order chi connectivity index (χ1) is 37.6. The number of nitrogens with one attached hydrogen (secondary N) is 2. The lowest BCUT2D eigenvalue weighted by molar-refractivity contribution is -0.229. The molecule has 436 valence electrons. The number of nitrogens with two attached hydrogens (primary N) is 1. The average Bonchev–Trinajstić information content (AvgIpc) is 4.02. The van der Waals surface area contributed by atoms with Crippen LogP contribution >= 0.6 is 0 Å². The van der Waals surface area contributed by atoms with E-state index in [9.17, 15) is 59.4 Å². The van der Waals surface area contributed by atoms with E-state index in [4.69, 9.17) is 15.5 Å². The van der Waals surface area contributed by atoms with Crippen LogP contribution in [0, 0.1) is 34.5 Å². The summed E-state index contributed by atoms with van der Waals surface area (Å²) in [7, 11) is 2.02. The Labute approximate surface area is 459 Å². The fourth-order valence-electron chi connectivity index (χ4n) is 9.90. The number of aromatic nitrogens is 3. The summed E-state index contributed by atoms with van der Waals surface area (Å²) in [6.07, 6.45) is -9.80. The first-order valence-corrected chi connectivity index (χ1v) is 25.9. The van der Waals surface area contributed by atoms with Gasteiger partial charge in [0.05, 0.1) is 68.4 Å². The lowest BCUT2D eigenvalue weighted by Gasteiger charge is -2.47. The Morgan fingerprint density at radius 2 is 1.40 bits per heavy atom. The molecular weight excluding hydrogens is 1060 g/mol.